The molecule has 0 aliphatic carbocycles. The van der Waals surface area contributed by atoms with Crippen LogP contribution >= 0.6 is 22.7 Å². The van der Waals surface area contributed by atoms with Crippen molar-refractivity contribution in [1.82, 2.24) is 9.29 Å². The lowest BCUT2D eigenvalue weighted by Gasteiger charge is -2.15. The van der Waals surface area contributed by atoms with E-state index >= 15 is 0 Å². The van der Waals surface area contributed by atoms with Gasteiger partial charge in [-0.2, -0.15) is 4.31 Å². The number of sulfonamides is 1. The lowest BCUT2D eigenvalue weighted by atomic mass is 10.4. The Morgan fingerprint density at radius 2 is 2.15 bits per heavy atom. The minimum absolute atomic E-state index is 0.00423. The van der Waals surface area contributed by atoms with E-state index in [1.54, 1.807) is 5.51 Å². The van der Waals surface area contributed by atoms with Gasteiger partial charge in [0.15, 0.2) is 0 Å². The van der Waals surface area contributed by atoms with Crippen LogP contribution in [0.4, 0.5) is 0 Å². The monoisotopic (exact) mass is 332 g/mol. The number of thiophene rings is 1. The van der Waals surface area contributed by atoms with Crippen molar-refractivity contribution in [3.63, 3.8) is 0 Å². The van der Waals surface area contributed by atoms with Crippen LogP contribution in [0.2, 0.25) is 0 Å². The van der Waals surface area contributed by atoms with Crippen molar-refractivity contribution in [3.05, 3.63) is 32.4 Å². The van der Waals surface area contributed by atoms with Crippen LogP contribution in [0.5, 0.6) is 0 Å². The average Bonchev–Trinajstić information content (AvgIpc) is 2.99. The number of thiazole rings is 1. The molecule has 108 valence electrons. The van der Waals surface area contributed by atoms with Crippen molar-refractivity contribution in [2.24, 2.45) is 0 Å². The first-order chi connectivity index (χ1) is 9.32. The zero-order valence-corrected chi connectivity index (χ0v) is 13.2. The van der Waals surface area contributed by atoms with Gasteiger partial charge in [0.25, 0.3) is 0 Å². The lowest BCUT2D eigenvalue weighted by Crippen LogP contribution is -2.26. The number of carboxylic acids is 1. The number of nitrogens with zero attached hydrogens (tertiary/aromatic N) is 2. The van der Waals surface area contributed by atoms with E-state index in [1.807, 2.05) is 6.92 Å². The van der Waals surface area contributed by atoms with Gasteiger partial charge in [-0.3, -0.25) is 0 Å². The minimum Gasteiger partial charge on any atom is -0.477 e. The molecule has 0 saturated carbocycles. The molecule has 2 rings (SSSR count). The van der Waals surface area contributed by atoms with E-state index in [-0.39, 0.29) is 16.3 Å². The van der Waals surface area contributed by atoms with Crippen LogP contribution in [0.1, 0.15) is 20.2 Å². The predicted molar refractivity (Wildman–Crippen MR) is 76.8 cm³/mol. The Morgan fingerprint density at radius 1 is 1.45 bits per heavy atom. The van der Waals surface area contributed by atoms with Gasteiger partial charge in [-0.1, -0.05) is 0 Å². The molecule has 20 heavy (non-hydrogen) atoms. The van der Waals surface area contributed by atoms with Crippen LogP contribution in [-0.2, 0) is 16.6 Å². The number of carboxylic acid groups (broad SMARTS) is 1. The topological polar surface area (TPSA) is 87.6 Å². The zero-order chi connectivity index (χ0) is 14.9. The molecule has 0 fully saturated rings. The van der Waals surface area contributed by atoms with Crippen LogP contribution in [0, 0.1) is 6.92 Å². The SMILES string of the molecule is Cc1ncsc1CN(C)S(=O)(=O)c1csc(C(=O)O)c1. The second-order valence-corrected chi connectivity index (χ2v) is 7.97. The standard InChI is InChI=1S/C11H12N2O4S3/c1-7-10(19-6-12-7)4-13(2)20(16,17)8-3-9(11(14)15)18-5-8/h3,5-6H,4H2,1-2H3,(H,14,15). The van der Waals surface area contributed by atoms with Crippen LogP contribution in [0.15, 0.2) is 21.9 Å². The molecular weight excluding hydrogens is 320 g/mol. The van der Waals surface area contributed by atoms with Crippen LogP contribution < -0.4 is 0 Å². The summed E-state index contributed by atoms with van der Waals surface area (Å²) in [6.45, 7) is 2.04. The number of rotatable bonds is 5. The highest BCUT2D eigenvalue weighted by atomic mass is 32.2. The fraction of sp³-hybridized carbons (Fsp3) is 0.273. The fourth-order valence-corrected chi connectivity index (χ4v) is 4.66. The van der Waals surface area contributed by atoms with Gasteiger partial charge in [-0.15, -0.1) is 22.7 Å². The highest BCUT2D eigenvalue weighted by Crippen LogP contribution is 2.24. The first kappa shape index (κ1) is 15.1. The average molecular weight is 332 g/mol. The van der Waals surface area contributed by atoms with Gasteiger partial charge in [0.2, 0.25) is 10.0 Å². The van der Waals surface area contributed by atoms with E-state index in [9.17, 15) is 13.2 Å². The molecule has 0 atom stereocenters. The third-order valence-electron chi connectivity index (χ3n) is 2.71. The van der Waals surface area contributed by atoms with Crippen LogP contribution in [0.25, 0.3) is 0 Å². The van der Waals surface area contributed by atoms with Gasteiger partial charge < -0.3 is 5.11 Å². The molecule has 0 amide bonds. The second kappa shape index (κ2) is 5.60. The molecule has 2 aromatic rings. The van der Waals surface area contributed by atoms with Gasteiger partial charge in [-0.05, 0) is 13.0 Å². The molecule has 6 nitrogen and oxygen atoms in total. The summed E-state index contributed by atoms with van der Waals surface area (Å²) in [6, 6.07) is 1.18. The highest BCUT2D eigenvalue weighted by molar-refractivity contribution is 7.89. The van der Waals surface area contributed by atoms with E-state index in [0.717, 1.165) is 21.9 Å². The van der Waals surface area contributed by atoms with Crippen LogP contribution in [0.3, 0.4) is 0 Å². The molecule has 0 aliphatic heterocycles. The maximum Gasteiger partial charge on any atom is 0.345 e. The van der Waals surface area contributed by atoms with E-state index in [4.69, 9.17) is 5.11 Å². The van der Waals surface area contributed by atoms with Gasteiger partial charge >= 0.3 is 5.97 Å². The van der Waals surface area contributed by atoms with Crippen molar-refractivity contribution in [2.75, 3.05) is 7.05 Å². The molecule has 2 aromatic heterocycles. The van der Waals surface area contributed by atoms with Gasteiger partial charge in [0.05, 0.1) is 16.1 Å². The first-order valence-electron chi connectivity index (χ1n) is 5.49. The molecule has 0 unspecified atom stereocenters. The predicted octanol–water partition coefficient (Wildman–Crippen LogP) is 2.03. The Balaban J connectivity index is 2.25. The summed E-state index contributed by atoms with van der Waals surface area (Å²) in [4.78, 5) is 15.8. The van der Waals surface area contributed by atoms with Crippen molar-refractivity contribution in [1.29, 1.82) is 0 Å². The minimum atomic E-state index is -3.69. The van der Waals surface area contributed by atoms with Gasteiger partial charge in [0, 0.05) is 23.8 Å². The third kappa shape index (κ3) is 2.90. The lowest BCUT2D eigenvalue weighted by molar-refractivity contribution is 0.0702. The molecule has 0 aliphatic rings. The Bertz CT molecular complexity index is 732. The van der Waals surface area contributed by atoms with Crippen LogP contribution in [-0.4, -0.2) is 35.8 Å². The number of hydrogen-bond acceptors (Lipinski definition) is 6. The quantitative estimate of drug-likeness (QED) is 0.905. The molecule has 0 saturated heterocycles. The number of hydrogen-bond donors (Lipinski definition) is 1. The van der Waals surface area contributed by atoms with E-state index in [0.29, 0.717) is 0 Å². The van der Waals surface area contributed by atoms with Crippen molar-refractivity contribution in [2.45, 2.75) is 18.4 Å². The maximum absolute atomic E-state index is 12.3. The normalized spacial score (nSPS) is 11.9. The van der Waals surface area contributed by atoms with Gasteiger partial charge in [-0.25, -0.2) is 18.2 Å². The molecular formula is C11H12N2O4S3. The summed E-state index contributed by atoms with van der Waals surface area (Å²) < 4.78 is 25.9. The smallest absolute Gasteiger partial charge is 0.345 e. The maximum atomic E-state index is 12.3. The zero-order valence-electron chi connectivity index (χ0n) is 10.7. The van der Waals surface area contributed by atoms with Crippen molar-refractivity contribution < 1.29 is 18.3 Å². The summed E-state index contributed by atoms with van der Waals surface area (Å²) in [5.41, 5.74) is 2.46. The molecule has 9 heteroatoms. The number of aromatic nitrogens is 1. The third-order valence-corrected chi connectivity index (χ3v) is 6.47. The molecule has 0 radical (unpaired) electrons. The summed E-state index contributed by atoms with van der Waals surface area (Å²) in [5.74, 6) is -1.13. The fourth-order valence-electron chi connectivity index (χ4n) is 1.51. The highest BCUT2D eigenvalue weighted by Gasteiger charge is 2.24. The van der Waals surface area contributed by atoms with E-state index in [2.05, 4.69) is 4.98 Å². The largest absolute Gasteiger partial charge is 0.477 e. The van der Waals surface area contributed by atoms with E-state index in [1.165, 1.54) is 34.1 Å². The molecule has 0 bridgehead atoms. The summed E-state index contributed by atoms with van der Waals surface area (Å²) in [5, 5.41) is 10.2. The van der Waals surface area contributed by atoms with Gasteiger partial charge in [0.1, 0.15) is 4.88 Å². The molecule has 1 N–H and O–H groups in total. The first-order valence-corrected chi connectivity index (χ1v) is 8.69. The number of carbonyl (C=O) groups is 1. The Labute approximate surface area is 124 Å². The summed E-state index contributed by atoms with van der Waals surface area (Å²) in [7, 11) is -2.22. The summed E-state index contributed by atoms with van der Waals surface area (Å²) in [6.07, 6.45) is 0. The molecule has 0 spiro atoms. The Morgan fingerprint density at radius 3 is 2.65 bits per heavy atom. The van der Waals surface area contributed by atoms with Crippen molar-refractivity contribution >= 4 is 38.7 Å². The second-order valence-electron chi connectivity index (χ2n) is 4.07. The summed E-state index contributed by atoms with van der Waals surface area (Å²) >= 11 is 2.29. The number of aryl methyl sites for hydroxylation is 1. The Hall–Kier alpha value is -1.29. The van der Waals surface area contributed by atoms with Crippen molar-refractivity contribution in [3.8, 4) is 0 Å². The Kier molecular flexibility index (Phi) is 4.23. The number of aromatic carboxylic acids is 1. The van der Waals surface area contributed by atoms with E-state index < -0.39 is 16.0 Å². The molecule has 2 heterocycles. The molecule has 0 aromatic carbocycles.